The molecule has 2 aromatic carbocycles. The van der Waals surface area contributed by atoms with Gasteiger partial charge in [0, 0.05) is 21.8 Å². The molecule has 152 valence electrons. The maximum Gasteiger partial charge on any atom is 0.240 e. The Hall–Kier alpha value is -3.48. The first-order valence-electron chi connectivity index (χ1n) is 9.47. The predicted molar refractivity (Wildman–Crippen MR) is 120 cm³/mol. The van der Waals surface area contributed by atoms with Crippen molar-refractivity contribution in [3.05, 3.63) is 95.0 Å². The van der Waals surface area contributed by atoms with E-state index in [1.54, 1.807) is 17.0 Å². The fourth-order valence-corrected chi connectivity index (χ4v) is 3.59. The highest BCUT2D eigenvalue weighted by molar-refractivity contribution is 6.31. The lowest BCUT2D eigenvalue weighted by atomic mass is 9.96. The highest BCUT2D eigenvalue weighted by Crippen LogP contribution is 2.40. The molecule has 5 rings (SSSR count). The fraction of sp³-hybridized carbons (Fsp3) is 0.0435. The van der Waals surface area contributed by atoms with Crippen molar-refractivity contribution < 1.29 is 4.74 Å². The van der Waals surface area contributed by atoms with Crippen molar-refractivity contribution in [3.8, 4) is 28.1 Å². The second-order valence-electron chi connectivity index (χ2n) is 6.78. The Morgan fingerprint density at radius 1 is 0.806 bits per heavy atom. The lowest BCUT2D eigenvalue weighted by Gasteiger charge is -2.16. The number of halogens is 2. The van der Waals surface area contributed by atoms with Crippen LogP contribution in [0.1, 0.15) is 5.69 Å². The Morgan fingerprint density at radius 2 is 1.48 bits per heavy atom. The Balaban J connectivity index is 1.73. The largest absolute Gasteiger partial charge is 0.470 e. The zero-order valence-electron chi connectivity index (χ0n) is 16.1. The molecule has 0 aliphatic carbocycles. The average Bonchev–Trinajstić information content (AvgIpc) is 3.27. The molecule has 8 heteroatoms. The van der Waals surface area contributed by atoms with Gasteiger partial charge in [0.2, 0.25) is 5.88 Å². The molecule has 0 atom stereocenters. The van der Waals surface area contributed by atoms with E-state index in [1.165, 1.54) is 0 Å². The SMILES string of the molecule is Clc1ccc(-c2c(OCc3ccccn3)nn3cnnc3c2-c2ccc(Cl)cc2)cc1. The normalized spacial score (nSPS) is 11.0. The Bertz CT molecular complexity index is 1340. The van der Waals surface area contributed by atoms with E-state index in [2.05, 4.69) is 20.3 Å². The third-order valence-corrected chi connectivity index (χ3v) is 5.27. The molecule has 3 heterocycles. The van der Waals surface area contributed by atoms with E-state index in [-0.39, 0.29) is 6.61 Å². The summed E-state index contributed by atoms with van der Waals surface area (Å²) >= 11 is 12.3. The first-order valence-corrected chi connectivity index (χ1v) is 10.2. The van der Waals surface area contributed by atoms with Crippen LogP contribution in [-0.4, -0.2) is 24.8 Å². The van der Waals surface area contributed by atoms with Crippen LogP contribution in [0.2, 0.25) is 10.0 Å². The molecule has 0 aliphatic heterocycles. The lowest BCUT2D eigenvalue weighted by Crippen LogP contribution is -2.06. The number of aromatic nitrogens is 5. The van der Waals surface area contributed by atoms with Crippen molar-refractivity contribution >= 4 is 28.8 Å². The molecule has 0 fully saturated rings. The van der Waals surface area contributed by atoms with Gasteiger partial charge in [0.15, 0.2) is 5.65 Å². The van der Waals surface area contributed by atoms with Gasteiger partial charge in [0.25, 0.3) is 0 Å². The van der Waals surface area contributed by atoms with Gasteiger partial charge in [-0.05, 0) is 47.5 Å². The molecule has 0 spiro atoms. The quantitative estimate of drug-likeness (QED) is 0.343. The van der Waals surface area contributed by atoms with Crippen LogP contribution in [0.15, 0.2) is 79.3 Å². The number of hydrogen-bond acceptors (Lipinski definition) is 5. The first-order chi connectivity index (χ1) is 15.2. The summed E-state index contributed by atoms with van der Waals surface area (Å²) in [7, 11) is 0. The third kappa shape index (κ3) is 3.95. The second kappa shape index (κ2) is 8.34. The van der Waals surface area contributed by atoms with E-state index in [0.29, 0.717) is 21.6 Å². The molecule has 0 radical (unpaired) electrons. The van der Waals surface area contributed by atoms with Crippen molar-refractivity contribution in [2.75, 3.05) is 0 Å². The summed E-state index contributed by atoms with van der Waals surface area (Å²) in [6, 6.07) is 20.8. The van der Waals surface area contributed by atoms with Crippen LogP contribution in [0.3, 0.4) is 0 Å². The van der Waals surface area contributed by atoms with E-state index >= 15 is 0 Å². The van der Waals surface area contributed by atoms with Crippen molar-refractivity contribution in [2.24, 2.45) is 0 Å². The minimum absolute atomic E-state index is 0.266. The standard InChI is InChI=1S/C23H15Cl2N5O/c24-17-8-4-15(5-9-17)20-21(16-6-10-18(25)11-7-16)23(29-30-14-27-28-22(20)30)31-13-19-3-1-2-12-26-19/h1-12,14H,13H2. The van der Waals surface area contributed by atoms with Gasteiger partial charge in [-0.3, -0.25) is 4.98 Å². The summed E-state index contributed by atoms with van der Waals surface area (Å²) in [6.45, 7) is 0.266. The van der Waals surface area contributed by atoms with Gasteiger partial charge in [-0.25, -0.2) is 0 Å². The van der Waals surface area contributed by atoms with Crippen LogP contribution in [0.25, 0.3) is 27.9 Å². The van der Waals surface area contributed by atoms with E-state index < -0.39 is 0 Å². The van der Waals surface area contributed by atoms with Gasteiger partial charge in [-0.1, -0.05) is 53.5 Å². The molecule has 0 saturated carbocycles. The smallest absolute Gasteiger partial charge is 0.240 e. The number of fused-ring (bicyclic) bond motifs is 1. The van der Waals surface area contributed by atoms with E-state index in [4.69, 9.17) is 27.9 Å². The number of ether oxygens (including phenoxy) is 1. The number of pyridine rings is 1. The molecule has 0 amide bonds. The van der Waals surface area contributed by atoms with Gasteiger partial charge in [-0.2, -0.15) is 4.52 Å². The first kappa shape index (κ1) is 19.5. The molecule has 31 heavy (non-hydrogen) atoms. The molecule has 0 aliphatic rings. The van der Waals surface area contributed by atoms with Crippen molar-refractivity contribution in [3.63, 3.8) is 0 Å². The fourth-order valence-electron chi connectivity index (χ4n) is 3.34. The van der Waals surface area contributed by atoms with Crippen LogP contribution in [0, 0.1) is 0 Å². The molecule has 5 aromatic rings. The molecular weight excluding hydrogens is 433 g/mol. The van der Waals surface area contributed by atoms with E-state index in [1.807, 2.05) is 66.7 Å². The molecule has 0 N–H and O–H groups in total. The number of benzene rings is 2. The number of rotatable bonds is 5. The summed E-state index contributed by atoms with van der Waals surface area (Å²) in [4.78, 5) is 4.33. The highest BCUT2D eigenvalue weighted by atomic mass is 35.5. The van der Waals surface area contributed by atoms with Gasteiger partial charge < -0.3 is 4.74 Å². The lowest BCUT2D eigenvalue weighted by molar-refractivity contribution is 0.286. The Morgan fingerprint density at radius 3 is 2.13 bits per heavy atom. The summed E-state index contributed by atoms with van der Waals surface area (Å²) in [6.07, 6.45) is 3.28. The maximum atomic E-state index is 6.16. The molecule has 0 saturated heterocycles. The summed E-state index contributed by atoms with van der Waals surface area (Å²) in [5.74, 6) is 0.435. The summed E-state index contributed by atoms with van der Waals surface area (Å²) in [5.41, 5.74) is 4.83. The molecular formula is C23H15Cl2N5O. The van der Waals surface area contributed by atoms with Crippen molar-refractivity contribution in [2.45, 2.75) is 6.61 Å². The number of hydrogen-bond donors (Lipinski definition) is 0. The van der Waals surface area contributed by atoms with Crippen LogP contribution in [-0.2, 0) is 6.61 Å². The summed E-state index contributed by atoms with van der Waals surface area (Å²) in [5, 5.41) is 14.3. The zero-order chi connectivity index (χ0) is 21.2. The van der Waals surface area contributed by atoms with E-state index in [9.17, 15) is 0 Å². The van der Waals surface area contributed by atoms with Crippen LogP contribution < -0.4 is 4.74 Å². The minimum atomic E-state index is 0.266. The van der Waals surface area contributed by atoms with Crippen molar-refractivity contribution in [1.82, 2.24) is 24.8 Å². The minimum Gasteiger partial charge on any atom is -0.470 e. The monoisotopic (exact) mass is 447 g/mol. The Labute approximate surface area is 188 Å². The van der Waals surface area contributed by atoms with Gasteiger partial charge >= 0.3 is 0 Å². The van der Waals surface area contributed by atoms with Crippen molar-refractivity contribution in [1.29, 1.82) is 0 Å². The Kier molecular flexibility index (Phi) is 5.24. The molecule has 0 unspecified atom stereocenters. The average molecular weight is 448 g/mol. The van der Waals surface area contributed by atoms with Crippen LogP contribution in [0.4, 0.5) is 0 Å². The zero-order valence-corrected chi connectivity index (χ0v) is 17.6. The predicted octanol–water partition coefficient (Wildman–Crippen LogP) is 5.74. The number of nitrogens with zero attached hydrogens (tertiary/aromatic N) is 5. The van der Waals surface area contributed by atoms with Crippen LogP contribution in [0.5, 0.6) is 5.88 Å². The van der Waals surface area contributed by atoms with Gasteiger partial charge in [-0.15, -0.1) is 15.3 Å². The van der Waals surface area contributed by atoms with E-state index in [0.717, 1.165) is 27.9 Å². The van der Waals surface area contributed by atoms with Crippen LogP contribution >= 0.6 is 23.2 Å². The van der Waals surface area contributed by atoms with Gasteiger partial charge in [0.1, 0.15) is 12.9 Å². The second-order valence-corrected chi connectivity index (χ2v) is 7.65. The topological polar surface area (TPSA) is 65.2 Å². The summed E-state index contributed by atoms with van der Waals surface area (Å²) < 4.78 is 7.77. The van der Waals surface area contributed by atoms with Gasteiger partial charge in [0.05, 0.1) is 11.3 Å². The highest BCUT2D eigenvalue weighted by Gasteiger charge is 2.21. The molecule has 0 bridgehead atoms. The third-order valence-electron chi connectivity index (χ3n) is 4.77. The maximum absolute atomic E-state index is 6.16. The molecule has 6 nitrogen and oxygen atoms in total. The molecule has 3 aromatic heterocycles.